The first kappa shape index (κ1) is 16.5. The molecular formula is C20H17N3O2S. The quantitative estimate of drug-likeness (QED) is 0.555. The molecule has 0 atom stereocenters. The van der Waals surface area contributed by atoms with Crippen LogP contribution in [-0.2, 0) is 17.8 Å². The van der Waals surface area contributed by atoms with E-state index in [9.17, 15) is 4.79 Å². The van der Waals surface area contributed by atoms with Crippen LogP contribution in [-0.4, -0.2) is 15.6 Å². The van der Waals surface area contributed by atoms with Gasteiger partial charge in [0.15, 0.2) is 10.4 Å². The number of nitrogens with zero attached hydrogens (tertiary/aromatic N) is 3. The zero-order chi connectivity index (χ0) is 17.9. The summed E-state index contributed by atoms with van der Waals surface area (Å²) in [5.74, 6) is -0.232. The molecule has 130 valence electrons. The van der Waals surface area contributed by atoms with E-state index in [-0.39, 0.29) is 12.3 Å². The Hall–Kier alpha value is -2.99. The van der Waals surface area contributed by atoms with Crippen LogP contribution in [0.2, 0.25) is 0 Å². The second-order valence-electron chi connectivity index (χ2n) is 6.11. The van der Waals surface area contributed by atoms with Gasteiger partial charge in [-0.2, -0.15) is 4.99 Å². The highest BCUT2D eigenvalue weighted by Gasteiger charge is 2.11. The standard InChI is InChI=1S/C20H17N3O2S/c1-14-6-8-15(9-7-14)13-23-10-11-26-20(23)21-19(24)12-17-16-4-2-3-5-18(16)25-22-17/h2-11H,12-13H2,1H3. The monoisotopic (exact) mass is 363 g/mol. The van der Waals surface area contributed by atoms with Crippen LogP contribution >= 0.6 is 11.3 Å². The number of carbonyl (C=O) groups excluding carboxylic acids is 1. The van der Waals surface area contributed by atoms with Crippen molar-refractivity contribution in [3.8, 4) is 0 Å². The lowest BCUT2D eigenvalue weighted by Crippen LogP contribution is -2.17. The Bertz CT molecular complexity index is 1120. The van der Waals surface area contributed by atoms with Crippen LogP contribution in [0.5, 0.6) is 0 Å². The van der Waals surface area contributed by atoms with E-state index in [4.69, 9.17) is 4.52 Å². The molecule has 0 unspecified atom stereocenters. The predicted octanol–water partition coefficient (Wildman–Crippen LogP) is 3.72. The van der Waals surface area contributed by atoms with Crippen LogP contribution in [0.25, 0.3) is 11.0 Å². The van der Waals surface area contributed by atoms with Crippen molar-refractivity contribution in [3.63, 3.8) is 0 Å². The fraction of sp³-hybridized carbons (Fsp3) is 0.150. The highest BCUT2D eigenvalue weighted by molar-refractivity contribution is 7.07. The van der Waals surface area contributed by atoms with Crippen molar-refractivity contribution in [3.05, 3.63) is 81.7 Å². The van der Waals surface area contributed by atoms with Crippen LogP contribution < -0.4 is 4.80 Å². The second-order valence-corrected chi connectivity index (χ2v) is 6.98. The molecule has 2 aromatic carbocycles. The summed E-state index contributed by atoms with van der Waals surface area (Å²) < 4.78 is 7.23. The van der Waals surface area contributed by atoms with E-state index in [0.717, 1.165) is 5.39 Å². The smallest absolute Gasteiger partial charge is 0.254 e. The molecule has 2 aromatic heterocycles. The van der Waals surface area contributed by atoms with E-state index in [0.29, 0.717) is 22.6 Å². The number of hydrogen-bond donors (Lipinski definition) is 0. The minimum Gasteiger partial charge on any atom is -0.356 e. The number of benzene rings is 2. The molecule has 2 heterocycles. The molecule has 0 fully saturated rings. The van der Waals surface area contributed by atoms with Gasteiger partial charge in [0.05, 0.1) is 6.42 Å². The molecule has 26 heavy (non-hydrogen) atoms. The fourth-order valence-corrected chi connectivity index (χ4v) is 3.50. The van der Waals surface area contributed by atoms with Crippen molar-refractivity contribution < 1.29 is 9.32 Å². The van der Waals surface area contributed by atoms with E-state index >= 15 is 0 Å². The first-order valence-electron chi connectivity index (χ1n) is 8.29. The Balaban J connectivity index is 1.56. The number of rotatable bonds is 4. The normalized spacial score (nSPS) is 12.0. The molecule has 5 nitrogen and oxygen atoms in total. The van der Waals surface area contributed by atoms with E-state index in [1.807, 2.05) is 40.4 Å². The zero-order valence-electron chi connectivity index (χ0n) is 14.3. The number of fused-ring (bicyclic) bond motifs is 1. The number of hydrogen-bond acceptors (Lipinski definition) is 4. The highest BCUT2D eigenvalue weighted by atomic mass is 32.1. The van der Waals surface area contributed by atoms with Crippen LogP contribution in [0, 0.1) is 6.92 Å². The summed E-state index contributed by atoms with van der Waals surface area (Å²) in [6.07, 6.45) is 2.07. The third-order valence-corrected chi connectivity index (χ3v) is 4.92. The molecule has 0 aliphatic heterocycles. The summed E-state index contributed by atoms with van der Waals surface area (Å²) in [5.41, 5.74) is 3.70. The second kappa shape index (κ2) is 7.09. The third-order valence-electron chi connectivity index (χ3n) is 4.12. The van der Waals surface area contributed by atoms with Crippen LogP contribution in [0.3, 0.4) is 0 Å². The molecule has 1 amide bonds. The van der Waals surface area contributed by atoms with Gasteiger partial charge >= 0.3 is 0 Å². The lowest BCUT2D eigenvalue weighted by molar-refractivity contribution is -0.117. The highest BCUT2D eigenvalue weighted by Crippen LogP contribution is 2.18. The molecular weight excluding hydrogens is 346 g/mol. The third kappa shape index (κ3) is 3.50. The molecule has 6 heteroatoms. The SMILES string of the molecule is Cc1ccc(Cn2ccsc2=NC(=O)Cc2noc3ccccc23)cc1. The Kier molecular flexibility index (Phi) is 4.50. The minimum atomic E-state index is -0.232. The van der Waals surface area contributed by atoms with Crippen LogP contribution in [0.4, 0.5) is 0 Å². The maximum absolute atomic E-state index is 12.4. The van der Waals surface area contributed by atoms with Crippen molar-refractivity contribution in [1.82, 2.24) is 9.72 Å². The molecule has 0 aliphatic carbocycles. The van der Waals surface area contributed by atoms with Crippen molar-refractivity contribution in [2.75, 3.05) is 0 Å². The van der Waals surface area contributed by atoms with Crippen molar-refractivity contribution >= 4 is 28.2 Å². The summed E-state index contributed by atoms with van der Waals surface area (Å²) in [6, 6.07) is 15.9. The first-order valence-corrected chi connectivity index (χ1v) is 9.17. The van der Waals surface area contributed by atoms with Gasteiger partial charge in [-0.15, -0.1) is 11.3 Å². The van der Waals surface area contributed by atoms with Crippen LogP contribution in [0.15, 0.2) is 69.6 Å². The molecule has 0 saturated heterocycles. The van der Waals surface area contributed by atoms with Gasteiger partial charge in [-0.1, -0.05) is 47.1 Å². The summed E-state index contributed by atoms with van der Waals surface area (Å²) in [4.78, 5) is 17.4. The number of amides is 1. The van der Waals surface area contributed by atoms with E-state index in [1.54, 1.807) is 0 Å². The summed E-state index contributed by atoms with van der Waals surface area (Å²) in [6.45, 7) is 2.75. The van der Waals surface area contributed by atoms with Gasteiger partial charge in [-0.3, -0.25) is 4.79 Å². The molecule has 0 saturated carbocycles. The molecule has 0 aliphatic rings. The summed E-state index contributed by atoms with van der Waals surface area (Å²) >= 11 is 1.45. The average molecular weight is 363 g/mol. The Morgan fingerprint density at radius 3 is 2.85 bits per heavy atom. The molecule has 4 rings (SSSR count). The van der Waals surface area contributed by atoms with Gasteiger partial charge in [0.1, 0.15) is 5.69 Å². The van der Waals surface area contributed by atoms with Gasteiger partial charge in [0.25, 0.3) is 5.91 Å². The van der Waals surface area contributed by atoms with Gasteiger partial charge in [-0.05, 0) is 24.6 Å². The average Bonchev–Trinajstić information content (AvgIpc) is 3.24. The van der Waals surface area contributed by atoms with Crippen molar-refractivity contribution in [1.29, 1.82) is 0 Å². The maximum Gasteiger partial charge on any atom is 0.254 e. The van der Waals surface area contributed by atoms with Crippen molar-refractivity contribution in [2.45, 2.75) is 19.9 Å². The topological polar surface area (TPSA) is 60.4 Å². The summed E-state index contributed by atoms with van der Waals surface area (Å²) in [5, 5.41) is 6.80. The first-order chi connectivity index (χ1) is 12.7. The largest absolute Gasteiger partial charge is 0.356 e. The Morgan fingerprint density at radius 2 is 2.00 bits per heavy atom. The van der Waals surface area contributed by atoms with Crippen LogP contribution in [0.1, 0.15) is 16.8 Å². The molecule has 0 bridgehead atoms. The van der Waals surface area contributed by atoms with E-state index in [2.05, 4.69) is 41.3 Å². The number of thiazole rings is 1. The van der Waals surface area contributed by atoms with Gasteiger partial charge in [0.2, 0.25) is 0 Å². The molecule has 0 N–H and O–H groups in total. The maximum atomic E-state index is 12.4. The minimum absolute atomic E-state index is 0.124. The Morgan fingerprint density at radius 1 is 1.19 bits per heavy atom. The predicted molar refractivity (Wildman–Crippen MR) is 101 cm³/mol. The zero-order valence-corrected chi connectivity index (χ0v) is 15.1. The Labute approximate surface area is 154 Å². The summed E-state index contributed by atoms with van der Waals surface area (Å²) in [7, 11) is 0. The molecule has 4 aromatic rings. The lowest BCUT2D eigenvalue weighted by Gasteiger charge is -2.03. The fourth-order valence-electron chi connectivity index (χ4n) is 2.75. The van der Waals surface area contributed by atoms with Gasteiger partial charge < -0.3 is 9.09 Å². The molecule has 0 spiro atoms. The number of aryl methyl sites for hydroxylation is 1. The number of aromatic nitrogens is 2. The van der Waals surface area contributed by atoms with Crippen molar-refractivity contribution in [2.24, 2.45) is 4.99 Å². The molecule has 0 radical (unpaired) electrons. The van der Waals surface area contributed by atoms with E-state index in [1.165, 1.54) is 22.5 Å². The number of para-hydroxylation sites is 1. The number of carbonyl (C=O) groups is 1. The van der Waals surface area contributed by atoms with Gasteiger partial charge in [-0.25, -0.2) is 0 Å². The lowest BCUT2D eigenvalue weighted by atomic mass is 10.1. The van der Waals surface area contributed by atoms with Gasteiger partial charge in [0, 0.05) is 23.5 Å². The van der Waals surface area contributed by atoms with E-state index < -0.39 is 0 Å².